The highest BCUT2D eigenvalue weighted by Gasteiger charge is 2.19. The highest BCUT2D eigenvalue weighted by molar-refractivity contribution is 5.72. The van der Waals surface area contributed by atoms with Crippen molar-refractivity contribution in [2.45, 2.75) is 226 Å². The van der Waals surface area contributed by atoms with Crippen molar-refractivity contribution in [2.75, 3.05) is 13.2 Å². The Labute approximate surface area is 345 Å². The van der Waals surface area contributed by atoms with Crippen molar-refractivity contribution >= 4 is 17.9 Å². The van der Waals surface area contributed by atoms with Gasteiger partial charge >= 0.3 is 17.9 Å². The quantitative estimate of drug-likeness (QED) is 0.0266. The summed E-state index contributed by atoms with van der Waals surface area (Å²) in [6.45, 7) is 6.31. The van der Waals surface area contributed by atoms with Gasteiger partial charge in [0.05, 0.1) is 6.42 Å². The first-order chi connectivity index (χ1) is 27.5. The molecule has 0 aromatic carbocycles. The molecule has 0 radical (unpaired) electrons. The van der Waals surface area contributed by atoms with Crippen molar-refractivity contribution in [3.63, 3.8) is 0 Å². The molecule has 322 valence electrons. The lowest BCUT2D eigenvalue weighted by molar-refractivity contribution is -0.166. The molecule has 0 aliphatic heterocycles. The van der Waals surface area contributed by atoms with Crippen molar-refractivity contribution < 1.29 is 28.6 Å². The van der Waals surface area contributed by atoms with E-state index in [4.69, 9.17) is 14.2 Å². The molecule has 0 aromatic rings. The van der Waals surface area contributed by atoms with Gasteiger partial charge in [0.1, 0.15) is 13.2 Å². The summed E-state index contributed by atoms with van der Waals surface area (Å²) in [5, 5.41) is 0. The third-order valence-electron chi connectivity index (χ3n) is 9.80. The van der Waals surface area contributed by atoms with E-state index in [0.717, 1.165) is 77.0 Å². The topological polar surface area (TPSA) is 78.9 Å². The molecule has 56 heavy (non-hydrogen) atoms. The lowest BCUT2D eigenvalue weighted by atomic mass is 10.0. The van der Waals surface area contributed by atoms with Crippen molar-refractivity contribution in [3.8, 4) is 0 Å². The normalized spacial score (nSPS) is 12.6. The van der Waals surface area contributed by atoms with Crippen molar-refractivity contribution in [3.05, 3.63) is 60.8 Å². The predicted octanol–water partition coefficient (Wildman–Crippen LogP) is 14.9. The van der Waals surface area contributed by atoms with Crippen molar-refractivity contribution in [2.24, 2.45) is 0 Å². The first kappa shape index (κ1) is 53.1. The number of allylic oxidation sites excluding steroid dienone is 9. The molecule has 0 aromatic heterocycles. The van der Waals surface area contributed by atoms with Gasteiger partial charge in [-0.25, -0.2) is 0 Å². The van der Waals surface area contributed by atoms with E-state index in [9.17, 15) is 14.4 Å². The molecule has 6 nitrogen and oxygen atoms in total. The minimum atomic E-state index is -0.809. The van der Waals surface area contributed by atoms with Crippen LogP contribution in [0.2, 0.25) is 0 Å². The van der Waals surface area contributed by atoms with Crippen LogP contribution < -0.4 is 0 Å². The first-order valence-corrected chi connectivity index (χ1v) is 23.3. The number of esters is 3. The second-order valence-electron chi connectivity index (χ2n) is 15.3. The third kappa shape index (κ3) is 42.3. The van der Waals surface area contributed by atoms with Crippen LogP contribution >= 0.6 is 0 Å². The van der Waals surface area contributed by atoms with E-state index >= 15 is 0 Å². The van der Waals surface area contributed by atoms with Crippen LogP contribution in [0.4, 0.5) is 0 Å². The molecular formula is C50H86O6. The van der Waals surface area contributed by atoms with Gasteiger partial charge in [-0.15, -0.1) is 0 Å². The van der Waals surface area contributed by atoms with Crippen molar-refractivity contribution in [1.82, 2.24) is 0 Å². The summed E-state index contributed by atoms with van der Waals surface area (Å²) in [5.74, 6) is -1.04. The second-order valence-corrected chi connectivity index (χ2v) is 15.3. The Hall–Kier alpha value is -2.89. The van der Waals surface area contributed by atoms with Crippen LogP contribution in [-0.4, -0.2) is 37.2 Å². The van der Waals surface area contributed by atoms with E-state index in [1.807, 2.05) is 6.08 Å². The molecular weight excluding hydrogens is 697 g/mol. The van der Waals surface area contributed by atoms with E-state index in [1.54, 1.807) is 6.08 Å². The summed E-state index contributed by atoms with van der Waals surface area (Å²) < 4.78 is 16.6. The Balaban J connectivity index is 4.39. The zero-order chi connectivity index (χ0) is 40.8. The molecule has 0 fully saturated rings. The summed E-state index contributed by atoms with van der Waals surface area (Å²) in [7, 11) is 0. The maximum Gasteiger partial charge on any atom is 0.309 e. The zero-order valence-electron chi connectivity index (χ0n) is 36.6. The summed E-state index contributed by atoms with van der Waals surface area (Å²) in [6.07, 6.45) is 53.8. The number of ether oxygens (including phenoxy) is 3. The van der Waals surface area contributed by atoms with Gasteiger partial charge in [0, 0.05) is 12.8 Å². The molecule has 0 aliphatic carbocycles. The molecule has 0 aliphatic rings. The number of carbonyl (C=O) groups excluding carboxylic acids is 3. The van der Waals surface area contributed by atoms with Crippen LogP contribution in [0, 0.1) is 0 Å². The van der Waals surface area contributed by atoms with Crippen LogP contribution in [-0.2, 0) is 28.6 Å². The van der Waals surface area contributed by atoms with E-state index in [1.165, 1.54) is 103 Å². The largest absolute Gasteiger partial charge is 0.462 e. The average molecular weight is 783 g/mol. The molecule has 0 amide bonds. The van der Waals surface area contributed by atoms with Gasteiger partial charge in [-0.1, -0.05) is 204 Å². The third-order valence-corrected chi connectivity index (χ3v) is 9.80. The van der Waals surface area contributed by atoms with Gasteiger partial charge in [-0.3, -0.25) is 14.4 Å². The predicted molar refractivity (Wildman–Crippen MR) is 238 cm³/mol. The first-order valence-electron chi connectivity index (χ1n) is 23.3. The van der Waals surface area contributed by atoms with Crippen molar-refractivity contribution in [1.29, 1.82) is 0 Å². The second kappa shape index (κ2) is 44.8. The van der Waals surface area contributed by atoms with E-state index in [2.05, 4.69) is 69.4 Å². The molecule has 0 rings (SSSR count). The summed E-state index contributed by atoms with van der Waals surface area (Å²) in [4.78, 5) is 37.7. The number of unbranched alkanes of at least 4 members (excludes halogenated alkanes) is 21. The number of rotatable bonds is 41. The van der Waals surface area contributed by atoms with Gasteiger partial charge in [0.15, 0.2) is 6.10 Å². The summed E-state index contributed by atoms with van der Waals surface area (Å²) in [5.41, 5.74) is 0. The van der Waals surface area contributed by atoms with Gasteiger partial charge < -0.3 is 14.2 Å². The average Bonchev–Trinajstić information content (AvgIpc) is 3.19. The zero-order valence-corrected chi connectivity index (χ0v) is 36.6. The summed E-state index contributed by atoms with van der Waals surface area (Å²) in [6, 6.07) is 0. The lowest BCUT2D eigenvalue weighted by Gasteiger charge is -2.18. The van der Waals surface area contributed by atoms with Gasteiger partial charge in [0.2, 0.25) is 0 Å². The molecule has 0 bridgehead atoms. The van der Waals surface area contributed by atoms with Crippen LogP contribution in [0.1, 0.15) is 220 Å². The number of hydrogen-bond acceptors (Lipinski definition) is 6. The summed E-state index contributed by atoms with van der Waals surface area (Å²) >= 11 is 0. The van der Waals surface area contributed by atoms with E-state index < -0.39 is 12.1 Å². The van der Waals surface area contributed by atoms with E-state index in [0.29, 0.717) is 12.8 Å². The number of hydrogen-bond donors (Lipinski definition) is 0. The molecule has 6 heteroatoms. The Morgan fingerprint density at radius 1 is 0.393 bits per heavy atom. The minimum Gasteiger partial charge on any atom is -0.462 e. The molecule has 0 heterocycles. The van der Waals surface area contributed by atoms with Gasteiger partial charge in [-0.05, 0) is 57.8 Å². The SMILES string of the molecule is CC/C=C\C/C=C\C/C=C\CC(=O)OCC(COC(=O)CCCCCCCCCCCCCCCCC)OC(=O)CCCCCCCCC/C=C\C/C=C\CC. The smallest absolute Gasteiger partial charge is 0.309 e. The standard InChI is InChI=1S/C50H86O6/c1-4-7-10-13-16-19-21-23-25-27-28-31-34-37-40-43-49(52)55-46-47(45-54-48(51)42-39-36-33-30-18-15-12-9-6-3)56-50(53)44-41-38-35-32-29-26-24-22-20-17-14-11-8-5-2/h8-9,11-12,17-18,20,30,36,39,47H,4-7,10,13-16,19,21-29,31-35,37-38,40-46H2,1-3H3/b11-8-,12-9-,20-17-,30-18-,39-36-. The highest BCUT2D eigenvalue weighted by Crippen LogP contribution is 2.15. The van der Waals surface area contributed by atoms with Crippen LogP contribution in [0.25, 0.3) is 0 Å². The highest BCUT2D eigenvalue weighted by atomic mass is 16.6. The Morgan fingerprint density at radius 2 is 0.768 bits per heavy atom. The molecule has 0 saturated carbocycles. The Morgan fingerprint density at radius 3 is 1.25 bits per heavy atom. The van der Waals surface area contributed by atoms with Gasteiger partial charge in [-0.2, -0.15) is 0 Å². The maximum absolute atomic E-state index is 12.7. The fourth-order valence-electron chi connectivity index (χ4n) is 6.36. The molecule has 0 spiro atoms. The monoisotopic (exact) mass is 783 g/mol. The fourth-order valence-corrected chi connectivity index (χ4v) is 6.36. The van der Waals surface area contributed by atoms with Crippen LogP contribution in [0.3, 0.4) is 0 Å². The molecule has 1 atom stereocenters. The molecule has 0 N–H and O–H groups in total. The van der Waals surface area contributed by atoms with Gasteiger partial charge in [0.25, 0.3) is 0 Å². The fraction of sp³-hybridized carbons (Fsp3) is 0.740. The maximum atomic E-state index is 12.7. The minimum absolute atomic E-state index is 0.103. The van der Waals surface area contributed by atoms with Crippen LogP contribution in [0.5, 0.6) is 0 Å². The number of carbonyl (C=O) groups is 3. The van der Waals surface area contributed by atoms with Crippen LogP contribution in [0.15, 0.2) is 60.8 Å². The Kier molecular flexibility index (Phi) is 42.5. The Bertz CT molecular complexity index is 1040. The lowest BCUT2D eigenvalue weighted by Crippen LogP contribution is -2.30. The molecule has 1 unspecified atom stereocenters. The van der Waals surface area contributed by atoms with E-state index in [-0.39, 0.29) is 31.6 Å². The molecule has 0 saturated heterocycles.